The van der Waals surface area contributed by atoms with Gasteiger partial charge in [0.05, 0.1) is 11.6 Å². The molecule has 0 unspecified atom stereocenters. The summed E-state index contributed by atoms with van der Waals surface area (Å²) in [5.74, 6) is 0. The first-order valence-electron chi connectivity index (χ1n) is 6.47. The van der Waals surface area contributed by atoms with E-state index in [4.69, 9.17) is 0 Å². The van der Waals surface area contributed by atoms with Crippen LogP contribution in [0.3, 0.4) is 0 Å². The summed E-state index contributed by atoms with van der Waals surface area (Å²) >= 11 is 0. The molecule has 3 rings (SSSR count). The number of benzene rings is 1. The molecule has 1 aromatic carbocycles. The van der Waals surface area contributed by atoms with Crippen molar-refractivity contribution in [1.29, 1.82) is 5.26 Å². The average Bonchev–Trinajstić information content (AvgIpc) is 2.95. The van der Waals surface area contributed by atoms with Gasteiger partial charge in [0.1, 0.15) is 0 Å². The molecule has 0 saturated heterocycles. The Kier molecular flexibility index (Phi) is 3.29. The zero-order valence-corrected chi connectivity index (χ0v) is 10.3. The van der Waals surface area contributed by atoms with Crippen LogP contribution in [0.1, 0.15) is 54.5 Å². The molecule has 2 aliphatic carbocycles. The minimum Gasteiger partial charge on any atom is -0.192 e. The van der Waals surface area contributed by atoms with E-state index in [0.29, 0.717) is 0 Å². The molecule has 84 valence electrons. The van der Waals surface area contributed by atoms with E-state index in [0.717, 1.165) is 18.4 Å². The van der Waals surface area contributed by atoms with Crippen LogP contribution in [0.4, 0.5) is 0 Å². The fraction of sp³-hybridized carbons (Fsp3) is 0.533. The monoisotopic (exact) mass is 213 g/mol. The Hall–Kier alpha value is -1.29. The van der Waals surface area contributed by atoms with Gasteiger partial charge in [0.25, 0.3) is 0 Å². The molecule has 0 atom stereocenters. The summed E-state index contributed by atoms with van der Waals surface area (Å²) in [5.41, 5.74) is 6.69. The number of nitrogens with zero attached hydrogens (tertiary/aromatic N) is 1. The molecule has 0 N–H and O–H groups in total. The predicted molar refractivity (Wildman–Crippen MR) is 66.6 cm³/mol. The summed E-state index contributed by atoms with van der Waals surface area (Å²) in [4.78, 5) is 0. The summed E-state index contributed by atoms with van der Waals surface area (Å²) in [6.07, 6.45) is 7.13. The lowest BCUT2D eigenvalue weighted by molar-refractivity contribution is 0.895. The number of fused-ring (bicyclic) bond motifs is 2. The lowest BCUT2D eigenvalue weighted by Crippen LogP contribution is -1.96. The highest BCUT2D eigenvalue weighted by atomic mass is 14.3. The molecular formula is C15H19N. The number of hydrogen-bond donors (Lipinski definition) is 0. The lowest BCUT2D eigenvalue weighted by Gasteiger charge is -2.08. The fourth-order valence-corrected chi connectivity index (χ4v) is 2.95. The van der Waals surface area contributed by atoms with Crippen LogP contribution in [0.2, 0.25) is 0 Å². The first kappa shape index (κ1) is 11.2. The van der Waals surface area contributed by atoms with Crippen LogP contribution >= 0.6 is 0 Å². The first-order valence-corrected chi connectivity index (χ1v) is 6.47. The summed E-state index contributed by atoms with van der Waals surface area (Å²) < 4.78 is 0. The summed E-state index contributed by atoms with van der Waals surface area (Å²) in [7, 11) is 0. The quantitative estimate of drug-likeness (QED) is 0.646. The number of nitriles is 1. The number of hydrogen-bond acceptors (Lipinski definition) is 1. The largest absolute Gasteiger partial charge is 0.192 e. The van der Waals surface area contributed by atoms with Crippen molar-refractivity contribution in [3.63, 3.8) is 0 Å². The summed E-state index contributed by atoms with van der Waals surface area (Å²) in [6.45, 7) is 4.00. The second kappa shape index (κ2) is 4.70. The minimum atomic E-state index is 1.03. The Bertz CT molecular complexity index is 405. The molecule has 1 aromatic rings. The number of rotatable bonds is 0. The van der Waals surface area contributed by atoms with Crippen molar-refractivity contribution in [2.75, 3.05) is 0 Å². The van der Waals surface area contributed by atoms with E-state index in [1.54, 1.807) is 0 Å². The normalized spacial score (nSPS) is 15.8. The molecule has 2 aliphatic rings. The zero-order chi connectivity index (χ0) is 11.5. The van der Waals surface area contributed by atoms with Crippen molar-refractivity contribution in [1.82, 2.24) is 0 Å². The second-order valence-corrected chi connectivity index (χ2v) is 4.35. The molecule has 1 nitrogen and oxygen atoms in total. The molecule has 0 radical (unpaired) electrons. The van der Waals surface area contributed by atoms with Crippen molar-refractivity contribution < 1.29 is 0 Å². The van der Waals surface area contributed by atoms with Gasteiger partial charge >= 0.3 is 0 Å². The maximum atomic E-state index is 9.22. The highest BCUT2D eigenvalue weighted by Crippen LogP contribution is 2.34. The minimum absolute atomic E-state index is 1.03. The van der Waals surface area contributed by atoms with Crippen molar-refractivity contribution in [2.24, 2.45) is 0 Å². The van der Waals surface area contributed by atoms with Gasteiger partial charge in [0.2, 0.25) is 0 Å². The first-order chi connectivity index (χ1) is 7.90. The van der Waals surface area contributed by atoms with Crippen LogP contribution in [0.15, 0.2) is 6.07 Å². The van der Waals surface area contributed by atoms with Crippen LogP contribution in [0.25, 0.3) is 0 Å². The smallest absolute Gasteiger partial charge is 0.0997 e. The standard InChI is InChI=1S/C13H13N.C2H6/c14-8-13-11-5-1-3-9(11)7-10-4-2-6-12(10)13;1-2/h7H,1-6H2;1-2H3. The van der Waals surface area contributed by atoms with Crippen LogP contribution in [0.5, 0.6) is 0 Å². The second-order valence-electron chi connectivity index (χ2n) is 4.35. The van der Waals surface area contributed by atoms with E-state index in [9.17, 15) is 5.26 Å². The Morgan fingerprint density at radius 2 is 1.44 bits per heavy atom. The Morgan fingerprint density at radius 1 is 0.938 bits per heavy atom. The topological polar surface area (TPSA) is 23.8 Å². The Morgan fingerprint density at radius 3 is 1.88 bits per heavy atom. The van der Waals surface area contributed by atoms with Gasteiger partial charge in [-0.1, -0.05) is 19.9 Å². The van der Waals surface area contributed by atoms with Gasteiger partial charge in [-0.25, -0.2) is 0 Å². The van der Waals surface area contributed by atoms with E-state index >= 15 is 0 Å². The van der Waals surface area contributed by atoms with Crippen LogP contribution in [-0.4, -0.2) is 0 Å². The van der Waals surface area contributed by atoms with E-state index in [1.165, 1.54) is 47.9 Å². The molecule has 0 spiro atoms. The molecule has 0 fully saturated rings. The molecule has 0 saturated carbocycles. The van der Waals surface area contributed by atoms with Crippen molar-refractivity contribution in [3.05, 3.63) is 33.9 Å². The SMILES string of the molecule is CC.N#Cc1c2c(cc3c1CCC3)CCC2. The highest BCUT2D eigenvalue weighted by Gasteiger charge is 2.23. The lowest BCUT2D eigenvalue weighted by atomic mass is 9.95. The fourth-order valence-electron chi connectivity index (χ4n) is 2.95. The summed E-state index contributed by atoms with van der Waals surface area (Å²) in [6, 6.07) is 4.79. The highest BCUT2D eigenvalue weighted by molar-refractivity contribution is 5.55. The van der Waals surface area contributed by atoms with Gasteiger partial charge in [0, 0.05) is 0 Å². The zero-order valence-electron chi connectivity index (χ0n) is 10.3. The molecule has 0 aromatic heterocycles. The van der Waals surface area contributed by atoms with E-state index in [2.05, 4.69) is 12.1 Å². The maximum absolute atomic E-state index is 9.22. The molecule has 0 bridgehead atoms. The van der Waals surface area contributed by atoms with Crippen LogP contribution < -0.4 is 0 Å². The van der Waals surface area contributed by atoms with Crippen molar-refractivity contribution in [2.45, 2.75) is 52.4 Å². The summed E-state index contributed by atoms with van der Waals surface area (Å²) in [5, 5.41) is 9.22. The van der Waals surface area contributed by atoms with Gasteiger partial charge < -0.3 is 0 Å². The molecular weight excluding hydrogens is 194 g/mol. The molecule has 16 heavy (non-hydrogen) atoms. The third-order valence-corrected chi connectivity index (χ3v) is 3.58. The van der Waals surface area contributed by atoms with E-state index in [-0.39, 0.29) is 0 Å². The van der Waals surface area contributed by atoms with Crippen molar-refractivity contribution in [3.8, 4) is 6.07 Å². The number of aryl methyl sites for hydroxylation is 2. The van der Waals surface area contributed by atoms with E-state index in [1.807, 2.05) is 13.8 Å². The van der Waals surface area contributed by atoms with Gasteiger partial charge in [-0.3, -0.25) is 0 Å². The van der Waals surface area contributed by atoms with E-state index < -0.39 is 0 Å². The molecule has 0 aliphatic heterocycles. The van der Waals surface area contributed by atoms with Crippen LogP contribution in [0, 0.1) is 11.3 Å². The van der Waals surface area contributed by atoms with Crippen molar-refractivity contribution >= 4 is 0 Å². The van der Waals surface area contributed by atoms with Crippen LogP contribution in [-0.2, 0) is 25.7 Å². The van der Waals surface area contributed by atoms with Gasteiger partial charge in [0.15, 0.2) is 0 Å². The third-order valence-electron chi connectivity index (χ3n) is 3.58. The van der Waals surface area contributed by atoms with Gasteiger partial charge in [-0.05, 0) is 60.8 Å². The average molecular weight is 213 g/mol. The Balaban J connectivity index is 0.000000457. The molecule has 0 heterocycles. The van der Waals surface area contributed by atoms with Gasteiger partial charge in [-0.15, -0.1) is 0 Å². The Labute approximate surface area is 98.1 Å². The predicted octanol–water partition coefficient (Wildman–Crippen LogP) is 3.56. The third kappa shape index (κ3) is 1.63. The van der Waals surface area contributed by atoms with Gasteiger partial charge in [-0.2, -0.15) is 5.26 Å². The maximum Gasteiger partial charge on any atom is 0.0997 e. The molecule has 0 amide bonds. The molecule has 1 heteroatoms.